The number of aryl methyl sites for hydroxylation is 1. The van der Waals surface area contributed by atoms with E-state index in [9.17, 15) is 4.79 Å². The van der Waals surface area contributed by atoms with E-state index in [1.165, 1.54) is 0 Å². The molecule has 4 nitrogen and oxygen atoms in total. The molecule has 0 saturated carbocycles. The molecule has 2 atom stereocenters. The number of pyridine rings is 1. The van der Waals surface area contributed by atoms with Gasteiger partial charge in [-0.2, -0.15) is 0 Å². The lowest BCUT2D eigenvalue weighted by molar-refractivity contribution is -0.126. The maximum absolute atomic E-state index is 12.0. The van der Waals surface area contributed by atoms with Crippen molar-refractivity contribution < 1.29 is 4.79 Å². The molecule has 5 heteroatoms. The Balaban J connectivity index is 0.00000200. The minimum Gasteiger partial charge on any atom is -0.356 e. The fourth-order valence-electron chi connectivity index (χ4n) is 2.54. The standard InChI is InChI=1S/C15H23N3O.ClH/c1-12-11-13(7-10-16-12)15(19)18-9-4-6-14-5-2-3-8-17-14;/h2-3,5,8,12-13,16H,4,6-7,9-11H2,1H3,(H,18,19);1H/t12-,13-;/m0./s1. The van der Waals surface area contributed by atoms with Crippen LogP contribution in [0.5, 0.6) is 0 Å². The van der Waals surface area contributed by atoms with Crippen molar-refractivity contribution in [2.24, 2.45) is 5.92 Å². The minimum atomic E-state index is 0. The molecule has 1 saturated heterocycles. The Morgan fingerprint density at radius 3 is 3.05 bits per heavy atom. The Labute approximate surface area is 127 Å². The van der Waals surface area contributed by atoms with Gasteiger partial charge in [0.15, 0.2) is 0 Å². The molecule has 1 aromatic heterocycles. The Kier molecular flexibility index (Phi) is 7.55. The third-order valence-corrected chi connectivity index (χ3v) is 3.63. The second-order valence-electron chi connectivity index (χ2n) is 5.29. The van der Waals surface area contributed by atoms with Crippen LogP contribution in [0.15, 0.2) is 24.4 Å². The van der Waals surface area contributed by atoms with Gasteiger partial charge in [-0.1, -0.05) is 6.07 Å². The van der Waals surface area contributed by atoms with Crippen LogP contribution in [0, 0.1) is 5.92 Å². The van der Waals surface area contributed by atoms with Crippen LogP contribution in [0.3, 0.4) is 0 Å². The zero-order valence-corrected chi connectivity index (χ0v) is 12.8. The molecular formula is C15H24ClN3O. The lowest BCUT2D eigenvalue weighted by Crippen LogP contribution is -2.42. The summed E-state index contributed by atoms with van der Waals surface area (Å²) in [5.74, 6) is 0.403. The fourth-order valence-corrected chi connectivity index (χ4v) is 2.54. The molecule has 2 rings (SSSR count). The molecule has 20 heavy (non-hydrogen) atoms. The lowest BCUT2D eigenvalue weighted by atomic mass is 9.92. The third kappa shape index (κ3) is 5.47. The first-order chi connectivity index (χ1) is 9.25. The van der Waals surface area contributed by atoms with E-state index < -0.39 is 0 Å². The van der Waals surface area contributed by atoms with Crippen molar-refractivity contribution in [2.75, 3.05) is 13.1 Å². The summed E-state index contributed by atoms with van der Waals surface area (Å²) < 4.78 is 0. The van der Waals surface area contributed by atoms with Gasteiger partial charge in [0.1, 0.15) is 0 Å². The van der Waals surface area contributed by atoms with E-state index in [1.807, 2.05) is 24.4 Å². The molecule has 1 fully saturated rings. The molecule has 0 unspecified atom stereocenters. The smallest absolute Gasteiger partial charge is 0.223 e. The van der Waals surface area contributed by atoms with E-state index in [4.69, 9.17) is 0 Å². The molecule has 1 aromatic rings. The van der Waals surface area contributed by atoms with Gasteiger partial charge < -0.3 is 10.6 Å². The average molecular weight is 298 g/mol. The van der Waals surface area contributed by atoms with Crippen LogP contribution in [-0.4, -0.2) is 30.0 Å². The van der Waals surface area contributed by atoms with E-state index in [1.54, 1.807) is 0 Å². The molecule has 1 aliphatic rings. The molecule has 2 heterocycles. The quantitative estimate of drug-likeness (QED) is 0.817. The number of piperidine rings is 1. The first-order valence-corrected chi connectivity index (χ1v) is 7.16. The number of nitrogens with one attached hydrogen (secondary N) is 2. The minimum absolute atomic E-state index is 0. The third-order valence-electron chi connectivity index (χ3n) is 3.63. The molecule has 0 radical (unpaired) electrons. The predicted octanol–water partition coefficient (Wildman–Crippen LogP) is 1.94. The summed E-state index contributed by atoms with van der Waals surface area (Å²) in [5, 5.41) is 6.42. The summed E-state index contributed by atoms with van der Waals surface area (Å²) in [5.41, 5.74) is 1.09. The van der Waals surface area contributed by atoms with Crippen LogP contribution < -0.4 is 10.6 Å². The van der Waals surface area contributed by atoms with Gasteiger partial charge in [-0.05, 0) is 51.3 Å². The molecular weight excluding hydrogens is 274 g/mol. The number of rotatable bonds is 5. The van der Waals surface area contributed by atoms with Gasteiger partial charge in [0.2, 0.25) is 5.91 Å². The number of carbonyl (C=O) groups excluding carboxylic acids is 1. The first kappa shape index (κ1) is 16.9. The van der Waals surface area contributed by atoms with E-state index in [-0.39, 0.29) is 24.2 Å². The van der Waals surface area contributed by atoms with Crippen molar-refractivity contribution in [3.05, 3.63) is 30.1 Å². The second kappa shape index (κ2) is 8.93. The maximum Gasteiger partial charge on any atom is 0.223 e. The zero-order valence-electron chi connectivity index (χ0n) is 12.0. The molecule has 2 N–H and O–H groups in total. The number of hydrogen-bond donors (Lipinski definition) is 2. The molecule has 0 bridgehead atoms. The van der Waals surface area contributed by atoms with E-state index in [0.717, 1.165) is 44.5 Å². The molecule has 1 amide bonds. The van der Waals surface area contributed by atoms with E-state index in [2.05, 4.69) is 22.5 Å². The Bertz CT molecular complexity index is 399. The number of halogens is 1. The number of amides is 1. The summed E-state index contributed by atoms with van der Waals surface area (Å²) in [7, 11) is 0. The van der Waals surface area contributed by atoms with Crippen LogP contribution in [0.1, 0.15) is 31.9 Å². The van der Waals surface area contributed by atoms with Crippen molar-refractivity contribution in [3.8, 4) is 0 Å². The van der Waals surface area contributed by atoms with Crippen molar-refractivity contribution in [3.63, 3.8) is 0 Å². The number of aromatic nitrogens is 1. The number of carbonyl (C=O) groups is 1. The highest BCUT2D eigenvalue weighted by atomic mass is 35.5. The number of hydrogen-bond acceptors (Lipinski definition) is 3. The van der Waals surface area contributed by atoms with Crippen molar-refractivity contribution in [2.45, 2.75) is 38.6 Å². The highest BCUT2D eigenvalue weighted by Gasteiger charge is 2.24. The van der Waals surface area contributed by atoms with Gasteiger partial charge in [-0.25, -0.2) is 0 Å². The van der Waals surface area contributed by atoms with Gasteiger partial charge in [-0.15, -0.1) is 12.4 Å². The van der Waals surface area contributed by atoms with Crippen molar-refractivity contribution >= 4 is 18.3 Å². The molecule has 0 aliphatic carbocycles. The summed E-state index contributed by atoms with van der Waals surface area (Å²) in [6.07, 6.45) is 5.58. The Morgan fingerprint density at radius 1 is 1.50 bits per heavy atom. The predicted molar refractivity (Wildman–Crippen MR) is 83.0 cm³/mol. The fraction of sp³-hybridized carbons (Fsp3) is 0.600. The van der Waals surface area contributed by atoms with Gasteiger partial charge in [0.05, 0.1) is 0 Å². The number of nitrogens with zero attached hydrogens (tertiary/aromatic N) is 1. The first-order valence-electron chi connectivity index (χ1n) is 7.16. The summed E-state index contributed by atoms with van der Waals surface area (Å²) in [4.78, 5) is 16.3. The molecule has 1 aliphatic heterocycles. The highest BCUT2D eigenvalue weighted by Crippen LogP contribution is 2.15. The van der Waals surface area contributed by atoms with Crippen LogP contribution in [0.4, 0.5) is 0 Å². The summed E-state index contributed by atoms with van der Waals surface area (Å²) in [6.45, 7) is 3.83. The second-order valence-corrected chi connectivity index (χ2v) is 5.29. The summed E-state index contributed by atoms with van der Waals surface area (Å²) in [6, 6.07) is 6.40. The van der Waals surface area contributed by atoms with Gasteiger partial charge >= 0.3 is 0 Å². The summed E-state index contributed by atoms with van der Waals surface area (Å²) >= 11 is 0. The maximum atomic E-state index is 12.0. The molecule has 0 spiro atoms. The molecule has 0 aromatic carbocycles. The zero-order chi connectivity index (χ0) is 13.5. The van der Waals surface area contributed by atoms with Gasteiger partial charge in [0.25, 0.3) is 0 Å². The largest absolute Gasteiger partial charge is 0.356 e. The SMILES string of the molecule is C[C@H]1C[C@@H](C(=O)NCCCc2ccccn2)CCN1.Cl. The van der Waals surface area contributed by atoms with Crippen LogP contribution >= 0.6 is 12.4 Å². The van der Waals surface area contributed by atoms with Crippen LogP contribution in [-0.2, 0) is 11.2 Å². The monoisotopic (exact) mass is 297 g/mol. The average Bonchev–Trinajstić information content (AvgIpc) is 2.44. The Morgan fingerprint density at radius 2 is 2.35 bits per heavy atom. The van der Waals surface area contributed by atoms with Crippen LogP contribution in [0.2, 0.25) is 0 Å². The van der Waals surface area contributed by atoms with Crippen LogP contribution in [0.25, 0.3) is 0 Å². The molecule has 112 valence electrons. The van der Waals surface area contributed by atoms with Gasteiger partial charge in [0, 0.05) is 30.4 Å². The highest BCUT2D eigenvalue weighted by molar-refractivity contribution is 5.85. The topological polar surface area (TPSA) is 54.0 Å². The van der Waals surface area contributed by atoms with Gasteiger partial charge in [-0.3, -0.25) is 9.78 Å². The van der Waals surface area contributed by atoms with Crippen molar-refractivity contribution in [1.29, 1.82) is 0 Å². The van der Waals surface area contributed by atoms with E-state index >= 15 is 0 Å². The lowest BCUT2D eigenvalue weighted by Gasteiger charge is -2.27. The van der Waals surface area contributed by atoms with Crippen molar-refractivity contribution in [1.82, 2.24) is 15.6 Å². The Hall–Kier alpha value is -1.13. The van der Waals surface area contributed by atoms with E-state index in [0.29, 0.717) is 6.04 Å². The normalized spacial score (nSPS) is 21.9.